The molecular weight excluding hydrogens is 254 g/mol. The molecule has 20 heavy (non-hydrogen) atoms. The normalized spacial score (nSPS) is 39.9. The van der Waals surface area contributed by atoms with Gasteiger partial charge in [-0.15, -0.1) is 0 Å². The highest BCUT2D eigenvalue weighted by atomic mass is 16.2. The maximum Gasteiger partial charge on any atom is 0.270 e. The molecule has 4 aliphatic rings. The fourth-order valence-electron chi connectivity index (χ4n) is 4.18. The van der Waals surface area contributed by atoms with Crippen molar-refractivity contribution >= 4 is 5.91 Å². The molecule has 1 aromatic rings. The Kier molecular flexibility index (Phi) is 1.94. The van der Waals surface area contributed by atoms with Crippen molar-refractivity contribution in [1.82, 2.24) is 15.3 Å². The number of rotatable bonds is 3. The molecule has 4 atom stereocenters. The number of hydrogen-bond acceptors (Lipinski definition) is 3. The number of carbonyl (C=O) groups is 1. The summed E-state index contributed by atoms with van der Waals surface area (Å²) < 4.78 is 0. The lowest BCUT2D eigenvalue weighted by molar-refractivity contribution is 0.0923. The average molecular weight is 271 g/mol. The van der Waals surface area contributed by atoms with Crippen LogP contribution in [0.2, 0.25) is 0 Å². The summed E-state index contributed by atoms with van der Waals surface area (Å²) >= 11 is 0. The third kappa shape index (κ3) is 1.58. The smallest absolute Gasteiger partial charge is 0.270 e. The van der Waals surface area contributed by atoms with Crippen molar-refractivity contribution in [2.45, 2.75) is 37.6 Å². The van der Waals surface area contributed by atoms with E-state index in [9.17, 15) is 9.59 Å². The first-order valence-electron chi connectivity index (χ1n) is 7.63. The second-order valence-corrected chi connectivity index (χ2v) is 6.92. The van der Waals surface area contributed by atoms with E-state index < -0.39 is 0 Å². The van der Waals surface area contributed by atoms with Crippen molar-refractivity contribution in [3.63, 3.8) is 0 Å². The molecule has 1 aromatic heterocycles. The standard InChI is InChI=1S/C15H17N3O2/c19-12-5-11(16-14(17-12)6-1-2-6)15(20)18-13-9-3-7(9)8-4-10(8)13/h5-10,13H,1-4H2,(H,18,20)(H,16,17,19)/t7-,8-,9-,10-/m1/s1. The molecule has 0 saturated heterocycles. The van der Waals surface area contributed by atoms with Gasteiger partial charge in [0, 0.05) is 18.0 Å². The number of nitrogens with one attached hydrogen (secondary N) is 2. The van der Waals surface area contributed by atoms with Crippen LogP contribution in [0.3, 0.4) is 0 Å². The van der Waals surface area contributed by atoms with Gasteiger partial charge in [0.25, 0.3) is 11.5 Å². The fraction of sp³-hybridized carbons (Fsp3) is 0.667. The first kappa shape index (κ1) is 11.1. The zero-order chi connectivity index (χ0) is 13.4. The molecule has 0 aromatic carbocycles. The Labute approximate surface area is 116 Å². The first-order chi connectivity index (χ1) is 9.70. The highest BCUT2D eigenvalue weighted by Gasteiger charge is 2.67. The van der Waals surface area contributed by atoms with E-state index in [0.717, 1.165) is 24.7 Å². The van der Waals surface area contributed by atoms with Crippen molar-refractivity contribution in [2.75, 3.05) is 0 Å². The number of aromatic amines is 1. The monoisotopic (exact) mass is 271 g/mol. The number of aromatic nitrogens is 2. The van der Waals surface area contributed by atoms with E-state index in [4.69, 9.17) is 0 Å². The van der Waals surface area contributed by atoms with E-state index in [-0.39, 0.29) is 17.2 Å². The Morgan fingerprint density at radius 1 is 1.20 bits per heavy atom. The summed E-state index contributed by atoms with van der Waals surface area (Å²) in [4.78, 5) is 31.1. The van der Waals surface area contributed by atoms with Gasteiger partial charge in [0.1, 0.15) is 11.5 Å². The Hall–Kier alpha value is -1.65. The van der Waals surface area contributed by atoms with Gasteiger partial charge in [0.05, 0.1) is 0 Å². The third-order valence-corrected chi connectivity index (χ3v) is 5.51. The topological polar surface area (TPSA) is 74.8 Å². The SMILES string of the molecule is O=C(NC1[C@@H]2C[C@@H]2[C@H]2C[C@@H]12)c1cc(=O)[nH]c(C2CC2)n1. The number of amides is 1. The fourth-order valence-corrected chi connectivity index (χ4v) is 4.18. The van der Waals surface area contributed by atoms with Crippen LogP contribution in [0, 0.1) is 23.7 Å². The summed E-state index contributed by atoms with van der Waals surface area (Å²) in [5.41, 5.74) is 0.0732. The molecule has 1 amide bonds. The van der Waals surface area contributed by atoms with E-state index in [0.29, 0.717) is 29.6 Å². The molecule has 5 heteroatoms. The third-order valence-electron chi connectivity index (χ3n) is 5.51. The van der Waals surface area contributed by atoms with Crippen LogP contribution in [0.1, 0.15) is 47.9 Å². The van der Waals surface area contributed by atoms with Gasteiger partial charge in [-0.2, -0.15) is 0 Å². The zero-order valence-electron chi connectivity index (χ0n) is 11.1. The summed E-state index contributed by atoms with van der Waals surface area (Å²) in [6.45, 7) is 0. The first-order valence-corrected chi connectivity index (χ1v) is 7.63. The van der Waals surface area contributed by atoms with Crippen LogP contribution in [0.25, 0.3) is 0 Å². The summed E-state index contributed by atoms with van der Waals surface area (Å²) in [5.74, 6) is 4.02. The van der Waals surface area contributed by atoms with Gasteiger partial charge in [-0.3, -0.25) is 9.59 Å². The minimum Gasteiger partial charge on any atom is -0.347 e. The second-order valence-electron chi connectivity index (χ2n) is 6.92. The predicted octanol–water partition coefficient (Wildman–Crippen LogP) is 1.03. The van der Waals surface area contributed by atoms with Crippen LogP contribution in [0.5, 0.6) is 0 Å². The van der Waals surface area contributed by atoms with Crippen molar-refractivity contribution < 1.29 is 4.79 Å². The maximum absolute atomic E-state index is 12.3. The minimum atomic E-state index is -0.216. The van der Waals surface area contributed by atoms with E-state index >= 15 is 0 Å². The largest absolute Gasteiger partial charge is 0.347 e. The van der Waals surface area contributed by atoms with E-state index in [1.807, 2.05) is 0 Å². The van der Waals surface area contributed by atoms with Crippen LogP contribution >= 0.6 is 0 Å². The molecule has 104 valence electrons. The zero-order valence-corrected chi connectivity index (χ0v) is 11.1. The van der Waals surface area contributed by atoms with Crippen LogP contribution < -0.4 is 10.9 Å². The number of hydrogen-bond donors (Lipinski definition) is 2. The molecule has 1 heterocycles. The van der Waals surface area contributed by atoms with Gasteiger partial charge < -0.3 is 10.3 Å². The van der Waals surface area contributed by atoms with Crippen LogP contribution in [-0.2, 0) is 0 Å². The van der Waals surface area contributed by atoms with Crippen molar-refractivity contribution in [3.05, 3.63) is 27.9 Å². The number of nitrogens with zero attached hydrogens (tertiary/aromatic N) is 1. The molecule has 0 unspecified atom stereocenters. The van der Waals surface area contributed by atoms with Crippen molar-refractivity contribution in [2.24, 2.45) is 23.7 Å². The van der Waals surface area contributed by atoms with E-state index in [1.54, 1.807) is 0 Å². The summed E-state index contributed by atoms with van der Waals surface area (Å²) in [6, 6.07) is 1.66. The Morgan fingerprint density at radius 3 is 2.55 bits per heavy atom. The highest BCUT2D eigenvalue weighted by Crippen LogP contribution is 2.69. The molecule has 0 aliphatic heterocycles. The molecule has 5 nitrogen and oxygen atoms in total. The second kappa shape index (κ2) is 3.51. The Bertz CT molecular complexity index is 647. The molecule has 4 fully saturated rings. The van der Waals surface area contributed by atoms with Gasteiger partial charge in [0.2, 0.25) is 0 Å². The lowest BCUT2D eigenvalue weighted by Crippen LogP contribution is -2.38. The number of carbonyl (C=O) groups excluding carboxylic acids is 1. The Morgan fingerprint density at radius 2 is 1.90 bits per heavy atom. The molecule has 0 radical (unpaired) electrons. The average Bonchev–Trinajstić information content (AvgIpc) is 3.31. The van der Waals surface area contributed by atoms with Crippen molar-refractivity contribution in [3.8, 4) is 0 Å². The molecule has 2 N–H and O–H groups in total. The van der Waals surface area contributed by atoms with Gasteiger partial charge >= 0.3 is 0 Å². The van der Waals surface area contributed by atoms with Gasteiger partial charge in [-0.25, -0.2) is 4.98 Å². The van der Waals surface area contributed by atoms with Gasteiger partial charge in [0.15, 0.2) is 0 Å². The summed E-state index contributed by atoms with van der Waals surface area (Å²) in [6.07, 6.45) is 4.68. The summed E-state index contributed by atoms with van der Waals surface area (Å²) in [7, 11) is 0. The molecule has 4 aliphatic carbocycles. The van der Waals surface area contributed by atoms with Crippen molar-refractivity contribution in [1.29, 1.82) is 0 Å². The minimum absolute atomic E-state index is 0.166. The molecule has 5 rings (SSSR count). The van der Waals surface area contributed by atoms with E-state index in [2.05, 4.69) is 15.3 Å². The maximum atomic E-state index is 12.3. The molecule has 0 spiro atoms. The van der Waals surface area contributed by atoms with Crippen LogP contribution in [-0.4, -0.2) is 21.9 Å². The molecule has 4 saturated carbocycles. The van der Waals surface area contributed by atoms with Gasteiger partial charge in [-0.1, -0.05) is 0 Å². The van der Waals surface area contributed by atoms with Crippen LogP contribution in [0.15, 0.2) is 10.9 Å². The van der Waals surface area contributed by atoms with Gasteiger partial charge in [-0.05, 0) is 49.4 Å². The van der Waals surface area contributed by atoms with E-state index in [1.165, 1.54) is 18.9 Å². The lowest BCUT2D eigenvalue weighted by Gasteiger charge is -2.15. The summed E-state index contributed by atoms with van der Waals surface area (Å²) in [5, 5.41) is 3.14. The predicted molar refractivity (Wildman–Crippen MR) is 71.3 cm³/mol. The Balaban J connectivity index is 1.39. The lowest BCUT2D eigenvalue weighted by atomic mass is 10.1. The number of fused-ring (bicyclic) bond motifs is 3. The molecule has 0 bridgehead atoms. The van der Waals surface area contributed by atoms with Crippen LogP contribution in [0.4, 0.5) is 0 Å². The number of H-pyrrole nitrogens is 1. The quantitative estimate of drug-likeness (QED) is 0.862. The molecular formula is C15H17N3O2. The highest BCUT2D eigenvalue weighted by molar-refractivity contribution is 5.92.